The monoisotopic (exact) mass is 345 g/mol. The molecule has 0 radical (unpaired) electrons. The van der Waals surface area contributed by atoms with Crippen LogP contribution in [0.4, 0.5) is 13.9 Å². The third-order valence-corrected chi connectivity index (χ3v) is 3.92. The molecule has 0 atom stereocenters. The minimum absolute atomic E-state index is 0.276. The van der Waals surface area contributed by atoms with E-state index in [1.54, 1.807) is 0 Å². The lowest BCUT2D eigenvalue weighted by atomic mass is 10.2. The summed E-state index contributed by atoms with van der Waals surface area (Å²) < 4.78 is 31.8. The van der Waals surface area contributed by atoms with Crippen LogP contribution in [-0.2, 0) is 0 Å². The van der Waals surface area contributed by atoms with Crippen molar-refractivity contribution in [2.24, 2.45) is 5.10 Å². The Morgan fingerprint density at radius 3 is 2.54 bits per heavy atom. The van der Waals surface area contributed by atoms with Crippen LogP contribution in [0.3, 0.4) is 0 Å². The third kappa shape index (κ3) is 3.57. The number of thiazole rings is 1. The molecule has 4 nitrogen and oxygen atoms in total. The van der Waals surface area contributed by atoms with Crippen molar-refractivity contribution < 1.29 is 13.5 Å². The van der Waals surface area contributed by atoms with E-state index >= 15 is 0 Å². The zero-order valence-corrected chi connectivity index (χ0v) is 13.5. The number of rotatable bonds is 5. The summed E-state index contributed by atoms with van der Waals surface area (Å²) in [6, 6.07) is 12.0. The Kier molecular flexibility index (Phi) is 4.81. The Morgan fingerprint density at radius 2 is 1.88 bits per heavy atom. The van der Waals surface area contributed by atoms with Gasteiger partial charge in [-0.2, -0.15) is 5.10 Å². The average molecular weight is 345 g/mol. The summed E-state index contributed by atoms with van der Waals surface area (Å²) in [7, 11) is 1.21. The molecule has 3 aromatic rings. The summed E-state index contributed by atoms with van der Waals surface area (Å²) in [5.41, 5.74) is 4.87. The number of hydrogen-bond donors (Lipinski definition) is 1. The zero-order valence-electron chi connectivity index (χ0n) is 12.7. The van der Waals surface area contributed by atoms with Crippen LogP contribution in [0.5, 0.6) is 5.75 Å². The number of halogens is 2. The molecular weight excluding hydrogens is 332 g/mol. The molecule has 3 rings (SSSR count). The van der Waals surface area contributed by atoms with Crippen LogP contribution in [0.2, 0.25) is 0 Å². The number of ether oxygens (including phenoxy) is 1. The molecule has 0 aliphatic heterocycles. The summed E-state index contributed by atoms with van der Waals surface area (Å²) in [5, 5.41) is 6.44. The fraction of sp³-hybridized carbons (Fsp3) is 0.0588. The van der Waals surface area contributed by atoms with Crippen molar-refractivity contribution in [3.05, 3.63) is 65.0 Å². The van der Waals surface area contributed by atoms with Gasteiger partial charge in [0, 0.05) is 16.5 Å². The molecule has 0 saturated carbocycles. The molecule has 0 bridgehead atoms. The van der Waals surface area contributed by atoms with Gasteiger partial charge < -0.3 is 4.74 Å². The largest absolute Gasteiger partial charge is 0.491 e. The quantitative estimate of drug-likeness (QED) is 0.545. The average Bonchev–Trinajstić information content (AvgIpc) is 3.04. The first-order valence-corrected chi connectivity index (χ1v) is 7.88. The number of hydrogen-bond acceptors (Lipinski definition) is 5. The fourth-order valence-corrected chi connectivity index (χ4v) is 2.75. The highest BCUT2D eigenvalue weighted by Crippen LogP contribution is 2.25. The van der Waals surface area contributed by atoms with Crippen molar-refractivity contribution in [2.75, 3.05) is 12.5 Å². The topological polar surface area (TPSA) is 46.5 Å². The molecule has 1 aromatic heterocycles. The first kappa shape index (κ1) is 16.1. The van der Waals surface area contributed by atoms with Gasteiger partial charge in [0.15, 0.2) is 17.4 Å². The van der Waals surface area contributed by atoms with E-state index in [0.717, 1.165) is 23.4 Å². The summed E-state index contributed by atoms with van der Waals surface area (Å²) in [6.45, 7) is 0. The van der Waals surface area contributed by atoms with Gasteiger partial charge in [-0.15, -0.1) is 11.3 Å². The molecule has 0 spiro atoms. The lowest BCUT2D eigenvalue weighted by Crippen LogP contribution is -1.96. The molecule has 0 saturated heterocycles. The van der Waals surface area contributed by atoms with E-state index in [1.807, 2.05) is 35.7 Å². The maximum absolute atomic E-state index is 13.6. The second kappa shape index (κ2) is 7.18. The van der Waals surface area contributed by atoms with Crippen LogP contribution in [0.15, 0.2) is 52.9 Å². The van der Waals surface area contributed by atoms with Crippen molar-refractivity contribution in [3.8, 4) is 17.0 Å². The van der Waals surface area contributed by atoms with Gasteiger partial charge in [-0.1, -0.05) is 30.3 Å². The number of benzene rings is 2. The molecule has 1 heterocycles. The minimum Gasteiger partial charge on any atom is -0.491 e. The molecule has 7 heteroatoms. The Bertz CT molecular complexity index is 842. The smallest absolute Gasteiger partial charge is 0.203 e. The maximum Gasteiger partial charge on any atom is 0.203 e. The number of nitrogens with zero attached hydrogens (tertiary/aromatic N) is 2. The lowest BCUT2D eigenvalue weighted by molar-refractivity contribution is 0.360. The number of aromatic nitrogens is 1. The van der Waals surface area contributed by atoms with E-state index in [0.29, 0.717) is 5.13 Å². The highest BCUT2D eigenvalue weighted by atomic mass is 32.1. The number of nitrogens with one attached hydrogen (secondary N) is 1. The molecule has 122 valence electrons. The van der Waals surface area contributed by atoms with Gasteiger partial charge in [0.1, 0.15) is 0 Å². The van der Waals surface area contributed by atoms with Crippen molar-refractivity contribution in [1.29, 1.82) is 0 Å². The van der Waals surface area contributed by atoms with Crippen LogP contribution in [0.25, 0.3) is 11.3 Å². The van der Waals surface area contributed by atoms with Crippen LogP contribution in [0.1, 0.15) is 5.56 Å². The Morgan fingerprint density at radius 1 is 1.17 bits per heavy atom. The van der Waals surface area contributed by atoms with Crippen molar-refractivity contribution in [3.63, 3.8) is 0 Å². The SMILES string of the molecule is COc1c(F)cc(C=NNc2nc(-c3ccccc3)cs2)cc1F. The van der Waals surface area contributed by atoms with Gasteiger partial charge in [0.25, 0.3) is 0 Å². The second-order valence-electron chi connectivity index (χ2n) is 4.79. The third-order valence-electron chi connectivity index (χ3n) is 3.17. The Labute approximate surface area is 141 Å². The van der Waals surface area contributed by atoms with E-state index in [2.05, 4.69) is 20.2 Å². The highest BCUT2D eigenvalue weighted by Gasteiger charge is 2.10. The summed E-state index contributed by atoms with van der Waals surface area (Å²) >= 11 is 1.39. The summed E-state index contributed by atoms with van der Waals surface area (Å²) in [5.74, 6) is -1.97. The van der Waals surface area contributed by atoms with E-state index in [1.165, 1.54) is 24.7 Å². The van der Waals surface area contributed by atoms with Gasteiger partial charge in [0.2, 0.25) is 5.13 Å². The minimum atomic E-state index is -0.778. The Balaban J connectivity index is 1.70. The fourth-order valence-electron chi connectivity index (χ4n) is 2.08. The maximum atomic E-state index is 13.6. The van der Waals surface area contributed by atoms with Crippen molar-refractivity contribution in [1.82, 2.24) is 4.98 Å². The van der Waals surface area contributed by atoms with Gasteiger partial charge in [-0.25, -0.2) is 13.8 Å². The van der Waals surface area contributed by atoms with E-state index in [4.69, 9.17) is 0 Å². The van der Waals surface area contributed by atoms with Gasteiger partial charge in [-0.3, -0.25) is 5.43 Å². The number of anilines is 1. The summed E-state index contributed by atoms with van der Waals surface area (Å²) in [4.78, 5) is 4.40. The van der Waals surface area contributed by atoms with Crippen molar-refractivity contribution in [2.45, 2.75) is 0 Å². The standard InChI is InChI=1S/C17H13F2N3OS/c1-23-16-13(18)7-11(8-14(16)19)9-20-22-17-21-15(10-24-17)12-5-3-2-4-6-12/h2-10H,1H3,(H,21,22). The predicted octanol–water partition coefficient (Wildman–Crippen LogP) is 4.54. The first-order chi connectivity index (χ1) is 11.7. The van der Waals surface area contributed by atoms with Gasteiger partial charge in [-0.05, 0) is 12.1 Å². The highest BCUT2D eigenvalue weighted by molar-refractivity contribution is 7.14. The van der Waals surface area contributed by atoms with Gasteiger partial charge >= 0.3 is 0 Å². The lowest BCUT2D eigenvalue weighted by Gasteiger charge is -2.03. The molecular formula is C17H13F2N3OS. The van der Waals surface area contributed by atoms with Crippen LogP contribution in [-0.4, -0.2) is 18.3 Å². The molecule has 0 fully saturated rings. The van der Waals surface area contributed by atoms with E-state index in [9.17, 15) is 8.78 Å². The molecule has 0 unspecified atom stereocenters. The Hall–Kier alpha value is -2.80. The molecule has 24 heavy (non-hydrogen) atoms. The second-order valence-corrected chi connectivity index (χ2v) is 5.65. The molecule has 1 N–H and O–H groups in total. The van der Waals surface area contributed by atoms with Gasteiger partial charge in [0.05, 0.1) is 19.0 Å². The predicted molar refractivity (Wildman–Crippen MR) is 91.7 cm³/mol. The molecule has 2 aromatic carbocycles. The van der Waals surface area contributed by atoms with Crippen LogP contribution >= 0.6 is 11.3 Å². The molecule has 0 aliphatic carbocycles. The number of methoxy groups -OCH3 is 1. The summed E-state index contributed by atoms with van der Waals surface area (Å²) in [6.07, 6.45) is 1.31. The first-order valence-electron chi connectivity index (χ1n) is 7.00. The van der Waals surface area contributed by atoms with Crippen molar-refractivity contribution >= 4 is 22.7 Å². The van der Waals surface area contributed by atoms with Crippen LogP contribution in [0, 0.1) is 11.6 Å². The normalized spacial score (nSPS) is 11.0. The number of hydrazone groups is 1. The van der Waals surface area contributed by atoms with E-state index < -0.39 is 17.4 Å². The van der Waals surface area contributed by atoms with E-state index in [-0.39, 0.29) is 5.56 Å². The zero-order chi connectivity index (χ0) is 16.9. The molecule has 0 amide bonds. The molecule has 0 aliphatic rings. The van der Waals surface area contributed by atoms with Crippen LogP contribution < -0.4 is 10.2 Å².